The van der Waals surface area contributed by atoms with E-state index in [-0.39, 0.29) is 5.28 Å². The molecule has 0 aliphatic carbocycles. The molecule has 0 atom stereocenters. The second kappa shape index (κ2) is 6.96. The van der Waals surface area contributed by atoms with Crippen LogP contribution in [0.4, 0.5) is 0 Å². The van der Waals surface area contributed by atoms with Crippen molar-refractivity contribution in [2.75, 3.05) is 20.8 Å². The minimum absolute atomic E-state index is 0.175. The number of hydrogen-bond acceptors (Lipinski definition) is 5. The van der Waals surface area contributed by atoms with E-state index in [2.05, 4.69) is 9.97 Å². The monoisotopic (exact) mass is 294 g/mol. The molecule has 1 aromatic carbocycles. The van der Waals surface area contributed by atoms with Crippen molar-refractivity contribution in [2.24, 2.45) is 0 Å². The van der Waals surface area contributed by atoms with Crippen LogP contribution in [0, 0.1) is 0 Å². The van der Waals surface area contributed by atoms with E-state index in [1.165, 1.54) is 0 Å². The molecule has 0 aliphatic heterocycles. The van der Waals surface area contributed by atoms with E-state index in [0.29, 0.717) is 24.0 Å². The van der Waals surface area contributed by atoms with Gasteiger partial charge in [0.25, 0.3) is 0 Å². The molecule has 106 valence electrons. The lowest BCUT2D eigenvalue weighted by Crippen LogP contribution is -2.03. The Labute approximate surface area is 122 Å². The van der Waals surface area contributed by atoms with Crippen molar-refractivity contribution in [2.45, 2.75) is 6.42 Å². The zero-order valence-corrected chi connectivity index (χ0v) is 12.1. The van der Waals surface area contributed by atoms with Crippen LogP contribution in [0.15, 0.2) is 30.5 Å². The highest BCUT2D eigenvalue weighted by molar-refractivity contribution is 6.28. The number of nitrogens with zero attached hydrogens (tertiary/aromatic N) is 2. The first-order valence-corrected chi connectivity index (χ1v) is 6.43. The molecule has 0 spiro atoms. The van der Waals surface area contributed by atoms with Gasteiger partial charge in [-0.25, -0.2) is 4.98 Å². The lowest BCUT2D eigenvalue weighted by Gasteiger charge is -2.10. The molecular formula is C14H15ClN2O3. The van der Waals surface area contributed by atoms with E-state index >= 15 is 0 Å². The number of halogens is 1. The van der Waals surface area contributed by atoms with Crippen LogP contribution in [-0.2, 0) is 6.42 Å². The van der Waals surface area contributed by atoms with Gasteiger partial charge in [-0.2, -0.15) is 4.98 Å². The van der Waals surface area contributed by atoms with Gasteiger partial charge in [-0.15, -0.1) is 0 Å². The van der Waals surface area contributed by atoms with Gasteiger partial charge in [0.1, 0.15) is 0 Å². The zero-order valence-electron chi connectivity index (χ0n) is 11.3. The van der Waals surface area contributed by atoms with Gasteiger partial charge in [-0.05, 0) is 29.3 Å². The maximum Gasteiger partial charge on any atom is 0.225 e. The SMILES string of the molecule is COc1ccc(CCOc2ccnc(Cl)n2)cc1OC. The molecule has 0 bridgehead atoms. The summed E-state index contributed by atoms with van der Waals surface area (Å²) in [6.07, 6.45) is 2.28. The lowest BCUT2D eigenvalue weighted by molar-refractivity contribution is 0.308. The molecule has 0 aliphatic rings. The molecule has 2 rings (SSSR count). The maximum atomic E-state index is 5.68. The van der Waals surface area contributed by atoms with E-state index in [4.69, 9.17) is 25.8 Å². The molecule has 0 saturated carbocycles. The smallest absolute Gasteiger partial charge is 0.225 e. The first kappa shape index (κ1) is 14.4. The van der Waals surface area contributed by atoms with Gasteiger partial charge >= 0.3 is 0 Å². The van der Waals surface area contributed by atoms with Gasteiger partial charge < -0.3 is 14.2 Å². The fourth-order valence-corrected chi connectivity index (χ4v) is 1.85. The lowest BCUT2D eigenvalue weighted by atomic mass is 10.1. The van der Waals surface area contributed by atoms with Crippen LogP contribution in [0.1, 0.15) is 5.56 Å². The zero-order chi connectivity index (χ0) is 14.4. The first-order chi connectivity index (χ1) is 9.72. The summed E-state index contributed by atoms with van der Waals surface area (Å²) in [5, 5.41) is 0.175. The summed E-state index contributed by atoms with van der Waals surface area (Å²) < 4.78 is 16.0. The second-order valence-electron chi connectivity index (χ2n) is 3.95. The van der Waals surface area contributed by atoms with Crippen LogP contribution in [0.25, 0.3) is 0 Å². The molecule has 0 unspecified atom stereocenters. The summed E-state index contributed by atoms with van der Waals surface area (Å²) in [6, 6.07) is 7.43. The Morgan fingerprint density at radius 1 is 1.10 bits per heavy atom. The van der Waals surface area contributed by atoms with Gasteiger partial charge in [0.2, 0.25) is 11.2 Å². The predicted molar refractivity (Wildman–Crippen MR) is 75.8 cm³/mol. The van der Waals surface area contributed by atoms with Gasteiger partial charge in [0, 0.05) is 18.7 Å². The minimum atomic E-state index is 0.175. The van der Waals surface area contributed by atoms with Gasteiger partial charge in [0.05, 0.1) is 20.8 Å². The summed E-state index contributed by atoms with van der Waals surface area (Å²) in [6.45, 7) is 0.489. The minimum Gasteiger partial charge on any atom is -0.493 e. The number of methoxy groups -OCH3 is 2. The molecular weight excluding hydrogens is 280 g/mol. The summed E-state index contributed by atoms with van der Waals surface area (Å²) in [5.74, 6) is 1.88. The van der Waals surface area contributed by atoms with Crippen molar-refractivity contribution in [3.8, 4) is 17.4 Å². The topological polar surface area (TPSA) is 53.5 Å². The molecule has 0 fully saturated rings. The molecule has 1 heterocycles. The standard InChI is InChI=1S/C14H15ClN2O3/c1-18-11-4-3-10(9-12(11)19-2)6-8-20-13-5-7-16-14(15)17-13/h3-5,7,9H,6,8H2,1-2H3. The summed E-state index contributed by atoms with van der Waals surface area (Å²) in [5.41, 5.74) is 1.09. The maximum absolute atomic E-state index is 5.68. The van der Waals surface area contributed by atoms with Crippen LogP contribution >= 0.6 is 11.6 Å². The quantitative estimate of drug-likeness (QED) is 0.767. The Kier molecular flexibility index (Phi) is 5.01. The van der Waals surface area contributed by atoms with Crippen LogP contribution in [0.5, 0.6) is 17.4 Å². The Hall–Kier alpha value is -2.01. The van der Waals surface area contributed by atoms with E-state index in [0.717, 1.165) is 12.0 Å². The van der Waals surface area contributed by atoms with Crippen molar-refractivity contribution < 1.29 is 14.2 Å². The van der Waals surface area contributed by atoms with Gasteiger partial charge in [0.15, 0.2) is 11.5 Å². The van der Waals surface area contributed by atoms with Crippen LogP contribution in [0.2, 0.25) is 5.28 Å². The van der Waals surface area contributed by atoms with Gasteiger partial charge in [-0.1, -0.05) is 6.07 Å². The normalized spacial score (nSPS) is 10.2. The fourth-order valence-electron chi connectivity index (χ4n) is 1.71. The molecule has 0 saturated heterocycles. The second-order valence-corrected chi connectivity index (χ2v) is 4.29. The number of aromatic nitrogens is 2. The van der Waals surface area contributed by atoms with E-state index in [1.807, 2.05) is 18.2 Å². The Balaban J connectivity index is 1.94. The molecule has 5 nitrogen and oxygen atoms in total. The van der Waals surface area contributed by atoms with Crippen LogP contribution in [-0.4, -0.2) is 30.8 Å². The Bertz CT molecular complexity index is 578. The molecule has 0 amide bonds. The van der Waals surface area contributed by atoms with Crippen molar-refractivity contribution >= 4 is 11.6 Å². The summed E-state index contributed by atoms with van der Waals surface area (Å²) in [7, 11) is 3.22. The number of ether oxygens (including phenoxy) is 3. The van der Waals surface area contributed by atoms with E-state index in [9.17, 15) is 0 Å². The number of benzene rings is 1. The highest BCUT2D eigenvalue weighted by Gasteiger charge is 2.05. The van der Waals surface area contributed by atoms with Crippen molar-refractivity contribution in [3.05, 3.63) is 41.3 Å². The highest BCUT2D eigenvalue weighted by atomic mass is 35.5. The van der Waals surface area contributed by atoms with Crippen LogP contribution < -0.4 is 14.2 Å². The molecule has 20 heavy (non-hydrogen) atoms. The third-order valence-corrected chi connectivity index (χ3v) is 2.87. The van der Waals surface area contributed by atoms with Gasteiger partial charge in [-0.3, -0.25) is 0 Å². The molecule has 6 heteroatoms. The third-order valence-electron chi connectivity index (χ3n) is 2.69. The average molecular weight is 295 g/mol. The van der Waals surface area contributed by atoms with Crippen LogP contribution in [0.3, 0.4) is 0 Å². The number of hydrogen-bond donors (Lipinski definition) is 0. The Morgan fingerprint density at radius 3 is 2.60 bits per heavy atom. The highest BCUT2D eigenvalue weighted by Crippen LogP contribution is 2.27. The summed E-state index contributed by atoms with van der Waals surface area (Å²) in [4.78, 5) is 7.74. The summed E-state index contributed by atoms with van der Waals surface area (Å²) >= 11 is 5.68. The fraction of sp³-hybridized carbons (Fsp3) is 0.286. The largest absolute Gasteiger partial charge is 0.493 e. The third kappa shape index (κ3) is 3.74. The van der Waals surface area contributed by atoms with Crippen molar-refractivity contribution in [1.82, 2.24) is 9.97 Å². The molecule has 0 N–H and O–H groups in total. The molecule has 2 aromatic rings. The first-order valence-electron chi connectivity index (χ1n) is 6.05. The molecule has 0 radical (unpaired) electrons. The average Bonchev–Trinajstić information content (AvgIpc) is 2.47. The number of rotatable bonds is 6. The van der Waals surface area contributed by atoms with E-state index < -0.39 is 0 Å². The van der Waals surface area contributed by atoms with Crippen molar-refractivity contribution in [1.29, 1.82) is 0 Å². The Morgan fingerprint density at radius 2 is 1.90 bits per heavy atom. The van der Waals surface area contributed by atoms with E-state index in [1.54, 1.807) is 26.5 Å². The van der Waals surface area contributed by atoms with Crippen molar-refractivity contribution in [3.63, 3.8) is 0 Å². The predicted octanol–water partition coefficient (Wildman–Crippen LogP) is 2.77. The molecule has 1 aromatic heterocycles.